The van der Waals surface area contributed by atoms with Gasteiger partial charge in [0.2, 0.25) is 0 Å². The van der Waals surface area contributed by atoms with Crippen molar-refractivity contribution >= 4 is 5.97 Å². The predicted octanol–water partition coefficient (Wildman–Crippen LogP) is 2.38. The minimum absolute atomic E-state index is 0.232. The average Bonchev–Trinajstić information content (AvgIpc) is 2.55. The van der Waals surface area contributed by atoms with Crippen LogP contribution in [0.4, 0.5) is 0 Å². The van der Waals surface area contributed by atoms with E-state index in [2.05, 4.69) is 0 Å². The summed E-state index contributed by atoms with van der Waals surface area (Å²) in [5.74, 6) is -2.24. The van der Waals surface area contributed by atoms with E-state index in [1.54, 1.807) is 20.8 Å². The molecule has 2 heterocycles. The molecule has 0 aromatic carbocycles. The number of fused-ring (bicyclic) bond motifs is 2. The predicted molar refractivity (Wildman–Crippen MR) is 70.4 cm³/mol. The first kappa shape index (κ1) is 14.0. The second kappa shape index (κ2) is 4.29. The lowest BCUT2D eigenvalue weighted by Gasteiger charge is -2.43. The van der Waals surface area contributed by atoms with Gasteiger partial charge in [-0.25, -0.2) is 9.68 Å². The molecule has 1 aliphatic carbocycles. The molecule has 1 spiro atoms. The number of hydrogen-bond donors (Lipinski definition) is 1. The van der Waals surface area contributed by atoms with Crippen LogP contribution in [0.2, 0.25) is 0 Å². The first-order valence-corrected chi connectivity index (χ1v) is 7.37. The molecule has 1 saturated heterocycles. The van der Waals surface area contributed by atoms with Crippen LogP contribution in [0, 0.1) is 0 Å². The van der Waals surface area contributed by atoms with Crippen molar-refractivity contribution in [3.05, 3.63) is 11.1 Å². The van der Waals surface area contributed by atoms with Crippen molar-refractivity contribution in [3.63, 3.8) is 0 Å². The summed E-state index contributed by atoms with van der Waals surface area (Å²) in [6.07, 6.45) is 5.20. The number of aliphatic hydroxyl groups is 1. The van der Waals surface area contributed by atoms with Crippen LogP contribution in [0.5, 0.6) is 0 Å². The summed E-state index contributed by atoms with van der Waals surface area (Å²) in [6, 6.07) is 0. The van der Waals surface area contributed by atoms with Crippen LogP contribution in [0.1, 0.15) is 59.3 Å². The van der Waals surface area contributed by atoms with E-state index in [-0.39, 0.29) is 5.57 Å². The van der Waals surface area contributed by atoms with E-state index in [4.69, 9.17) is 14.5 Å². The molecule has 20 heavy (non-hydrogen) atoms. The lowest BCUT2D eigenvalue weighted by Crippen LogP contribution is -2.57. The Balaban J connectivity index is 2.11. The van der Waals surface area contributed by atoms with Crippen LogP contribution in [-0.2, 0) is 19.3 Å². The molecular formula is C15H22O5. The topological polar surface area (TPSA) is 65.0 Å². The molecule has 112 valence electrons. The summed E-state index contributed by atoms with van der Waals surface area (Å²) in [7, 11) is 0. The number of hydrogen-bond acceptors (Lipinski definition) is 5. The van der Waals surface area contributed by atoms with E-state index >= 15 is 0 Å². The van der Waals surface area contributed by atoms with E-state index in [1.165, 1.54) is 0 Å². The normalized spacial score (nSPS) is 35.7. The highest BCUT2D eigenvalue weighted by atomic mass is 17.2. The quantitative estimate of drug-likeness (QED) is 0.546. The number of carbonyl (C=O) groups is 1. The Morgan fingerprint density at radius 1 is 1.05 bits per heavy atom. The summed E-state index contributed by atoms with van der Waals surface area (Å²) < 4.78 is 5.63. The van der Waals surface area contributed by atoms with Gasteiger partial charge < -0.3 is 9.84 Å². The van der Waals surface area contributed by atoms with Gasteiger partial charge in [-0.3, -0.25) is 0 Å². The van der Waals surface area contributed by atoms with Gasteiger partial charge in [-0.15, -0.1) is 0 Å². The second-order valence-electron chi connectivity index (χ2n) is 6.62. The fourth-order valence-corrected chi connectivity index (χ4v) is 3.46. The lowest BCUT2D eigenvalue weighted by molar-refractivity contribution is -0.467. The van der Waals surface area contributed by atoms with Crippen LogP contribution >= 0.6 is 0 Å². The van der Waals surface area contributed by atoms with Gasteiger partial charge in [0.25, 0.3) is 5.79 Å². The van der Waals surface area contributed by atoms with Crippen molar-refractivity contribution in [2.24, 2.45) is 0 Å². The maximum Gasteiger partial charge on any atom is 0.340 e. The fraction of sp³-hybridized carbons (Fsp3) is 0.800. The minimum atomic E-state index is -1.77. The van der Waals surface area contributed by atoms with Gasteiger partial charge in [-0.2, -0.15) is 4.89 Å². The molecule has 1 unspecified atom stereocenters. The standard InChI is InChI=1S/C15H22O5/c1-10-11-12(16)18-14(8-6-4-5-7-9-14)15(11,17)20-19-13(10,2)3/h17H,4-9H2,1-3H3. The molecule has 0 radical (unpaired) electrons. The number of carbonyl (C=O) groups excluding carboxylic acids is 1. The highest BCUT2D eigenvalue weighted by Crippen LogP contribution is 2.53. The van der Waals surface area contributed by atoms with Crippen LogP contribution in [0.25, 0.3) is 0 Å². The van der Waals surface area contributed by atoms with Crippen LogP contribution in [-0.4, -0.2) is 28.1 Å². The van der Waals surface area contributed by atoms with E-state index in [9.17, 15) is 9.90 Å². The summed E-state index contributed by atoms with van der Waals surface area (Å²) in [5, 5.41) is 11.0. The molecule has 1 atom stereocenters. The summed E-state index contributed by atoms with van der Waals surface area (Å²) in [6.45, 7) is 5.40. The lowest BCUT2D eigenvalue weighted by atomic mass is 9.79. The molecule has 5 nitrogen and oxygen atoms in total. The number of rotatable bonds is 0. The number of esters is 1. The van der Waals surface area contributed by atoms with Crippen LogP contribution < -0.4 is 0 Å². The number of ether oxygens (including phenoxy) is 1. The van der Waals surface area contributed by atoms with Crippen LogP contribution in [0.3, 0.4) is 0 Å². The molecule has 2 fully saturated rings. The zero-order valence-corrected chi connectivity index (χ0v) is 12.3. The molecule has 5 heteroatoms. The van der Waals surface area contributed by atoms with Gasteiger partial charge >= 0.3 is 5.97 Å². The zero-order valence-electron chi connectivity index (χ0n) is 12.3. The summed E-state index contributed by atoms with van der Waals surface area (Å²) in [5.41, 5.74) is -0.821. The third kappa shape index (κ3) is 1.70. The largest absolute Gasteiger partial charge is 0.449 e. The maximum absolute atomic E-state index is 12.3. The Hall–Kier alpha value is -0.910. The van der Waals surface area contributed by atoms with Gasteiger partial charge in [0.1, 0.15) is 11.2 Å². The first-order valence-electron chi connectivity index (χ1n) is 7.37. The highest BCUT2D eigenvalue weighted by molar-refractivity contribution is 5.95. The smallest absolute Gasteiger partial charge is 0.340 e. The Morgan fingerprint density at radius 2 is 1.65 bits per heavy atom. The van der Waals surface area contributed by atoms with Gasteiger partial charge in [-0.1, -0.05) is 12.8 Å². The summed E-state index contributed by atoms with van der Waals surface area (Å²) in [4.78, 5) is 23.0. The SMILES string of the molecule is CC1=C2C(=O)OC3(CCCCCC3)C2(O)OOC1(C)C. The molecule has 0 amide bonds. The molecule has 0 aromatic rings. The minimum Gasteiger partial charge on any atom is -0.449 e. The Bertz CT molecular complexity index is 471. The maximum atomic E-state index is 12.3. The van der Waals surface area contributed by atoms with Gasteiger partial charge in [0.05, 0.1) is 0 Å². The zero-order chi connectivity index (χ0) is 14.6. The molecule has 0 bridgehead atoms. The van der Waals surface area contributed by atoms with Crippen molar-refractivity contribution in [1.29, 1.82) is 0 Å². The highest BCUT2D eigenvalue weighted by Gasteiger charge is 2.68. The van der Waals surface area contributed by atoms with E-state index in [0.29, 0.717) is 18.4 Å². The van der Waals surface area contributed by atoms with Crippen LogP contribution in [0.15, 0.2) is 11.1 Å². The van der Waals surface area contributed by atoms with Crippen molar-refractivity contribution in [2.45, 2.75) is 76.3 Å². The third-order valence-corrected chi connectivity index (χ3v) is 5.01. The Kier molecular flexibility index (Phi) is 3.01. The molecule has 0 aromatic heterocycles. The van der Waals surface area contributed by atoms with E-state index in [1.807, 2.05) is 0 Å². The third-order valence-electron chi connectivity index (χ3n) is 5.01. The molecule has 1 saturated carbocycles. The van der Waals surface area contributed by atoms with E-state index < -0.39 is 23.0 Å². The van der Waals surface area contributed by atoms with Crippen molar-refractivity contribution in [1.82, 2.24) is 0 Å². The van der Waals surface area contributed by atoms with Gasteiger partial charge in [0, 0.05) is 0 Å². The fourth-order valence-electron chi connectivity index (χ4n) is 3.46. The molecule has 1 N–H and O–H groups in total. The molecule has 2 aliphatic heterocycles. The first-order chi connectivity index (χ1) is 9.32. The van der Waals surface area contributed by atoms with Gasteiger partial charge in [-0.05, 0) is 52.0 Å². The van der Waals surface area contributed by atoms with Crippen molar-refractivity contribution in [3.8, 4) is 0 Å². The molecule has 3 rings (SSSR count). The second-order valence-corrected chi connectivity index (χ2v) is 6.62. The Labute approximate surface area is 118 Å². The van der Waals surface area contributed by atoms with Crippen molar-refractivity contribution < 1.29 is 24.4 Å². The van der Waals surface area contributed by atoms with Gasteiger partial charge in [0.15, 0.2) is 5.60 Å². The molecule has 3 aliphatic rings. The van der Waals surface area contributed by atoms with Crippen molar-refractivity contribution in [2.75, 3.05) is 0 Å². The Morgan fingerprint density at radius 3 is 2.25 bits per heavy atom. The monoisotopic (exact) mass is 282 g/mol. The molecular weight excluding hydrogens is 260 g/mol. The van der Waals surface area contributed by atoms with E-state index in [0.717, 1.165) is 25.7 Å². The average molecular weight is 282 g/mol. The summed E-state index contributed by atoms with van der Waals surface area (Å²) >= 11 is 0.